The second kappa shape index (κ2) is 12.9. The van der Waals surface area contributed by atoms with Crippen molar-refractivity contribution in [2.24, 2.45) is 11.3 Å². The quantitative estimate of drug-likeness (QED) is 0.309. The van der Waals surface area contributed by atoms with E-state index < -0.39 is 6.04 Å². The van der Waals surface area contributed by atoms with Crippen molar-refractivity contribution in [1.29, 1.82) is 0 Å². The first-order chi connectivity index (χ1) is 22.1. The van der Waals surface area contributed by atoms with E-state index >= 15 is 0 Å². The zero-order valence-corrected chi connectivity index (χ0v) is 27.4. The zero-order valence-electron chi connectivity index (χ0n) is 27.4. The lowest BCUT2D eigenvalue weighted by atomic mass is 9.95. The molecule has 2 aromatic heterocycles. The molecule has 0 radical (unpaired) electrons. The highest BCUT2D eigenvalue weighted by atomic mass is 16.2. The molecule has 3 amide bonds. The Balaban J connectivity index is 1.42. The molecule has 3 aromatic rings. The summed E-state index contributed by atoms with van der Waals surface area (Å²) >= 11 is 0. The molecule has 2 fully saturated rings. The topological polar surface area (TPSA) is 139 Å². The van der Waals surface area contributed by atoms with Gasteiger partial charge in [-0.2, -0.15) is 5.10 Å². The number of Topliss-reactive ketones (excluding diaryl/α,β-unsaturated/α-hetero) is 1. The van der Waals surface area contributed by atoms with Gasteiger partial charge >= 0.3 is 0 Å². The molecule has 2 N–H and O–H groups in total. The van der Waals surface area contributed by atoms with Gasteiger partial charge in [-0.15, -0.1) is 0 Å². The van der Waals surface area contributed by atoms with E-state index in [2.05, 4.69) is 40.5 Å². The summed E-state index contributed by atoms with van der Waals surface area (Å²) in [5, 5.41) is 11.6. The normalized spacial score (nSPS) is 25.1. The summed E-state index contributed by atoms with van der Waals surface area (Å²) in [4.78, 5) is 64.2. The van der Waals surface area contributed by atoms with Crippen LogP contribution in [0, 0.1) is 18.3 Å². The minimum atomic E-state index is -0.622. The van der Waals surface area contributed by atoms with Gasteiger partial charge in [-0.3, -0.25) is 23.9 Å². The molecule has 2 bridgehead atoms. The summed E-state index contributed by atoms with van der Waals surface area (Å²) in [5.41, 5.74) is 3.48. The highest BCUT2D eigenvalue weighted by molar-refractivity contribution is 6.07. The Morgan fingerprint density at radius 3 is 2.52 bits per heavy atom. The highest BCUT2D eigenvalue weighted by Gasteiger charge is 2.72. The van der Waals surface area contributed by atoms with Crippen LogP contribution in [-0.2, 0) is 27.3 Å². The molecule has 1 saturated carbocycles. The molecule has 46 heavy (non-hydrogen) atoms. The predicted molar refractivity (Wildman–Crippen MR) is 174 cm³/mol. The minimum Gasteiger partial charge on any atom is -0.355 e. The van der Waals surface area contributed by atoms with Gasteiger partial charge in [0, 0.05) is 61.2 Å². The second-order valence-corrected chi connectivity index (χ2v) is 13.4. The number of unbranched alkanes of at least 4 members (excludes halogenated alkanes) is 1. The van der Waals surface area contributed by atoms with Crippen LogP contribution in [0.4, 0.5) is 0 Å². The van der Waals surface area contributed by atoms with E-state index in [9.17, 15) is 19.2 Å². The van der Waals surface area contributed by atoms with Crippen molar-refractivity contribution >= 4 is 34.4 Å². The van der Waals surface area contributed by atoms with Crippen molar-refractivity contribution in [2.75, 3.05) is 13.1 Å². The summed E-state index contributed by atoms with van der Waals surface area (Å²) < 4.78 is 1.68. The standard InChI is InChI=1S/C35H45N7O4/c1-5-6-13-36-34(46)28-16-35-20-39-29(44)12-10-8-7-9-11-24-14-25(26-17-37-23(4)38-18-26)15-27-31(22(3)43)40-41(32(24)27)19-30(45)42(28)33(35)21(35)2/h14-15,17-18,21,28,33H,5-13,16,19-20H2,1-4H3,(H,36,46)(H,39,44)/t21?,28-,33?,35+/m0/s1. The summed E-state index contributed by atoms with van der Waals surface area (Å²) in [6.45, 7) is 8.43. The number of ketones is 1. The fourth-order valence-corrected chi connectivity index (χ4v) is 7.74. The summed E-state index contributed by atoms with van der Waals surface area (Å²) in [6.07, 6.45) is 10.6. The summed E-state index contributed by atoms with van der Waals surface area (Å²) in [6, 6.07) is 3.27. The van der Waals surface area contributed by atoms with Gasteiger partial charge in [-0.25, -0.2) is 9.97 Å². The van der Waals surface area contributed by atoms with Crippen molar-refractivity contribution in [3.05, 3.63) is 41.6 Å². The third kappa shape index (κ3) is 5.91. The Morgan fingerprint density at radius 1 is 1.07 bits per heavy atom. The Hall–Kier alpha value is -4.15. The number of carbonyl (C=O) groups is 4. The van der Waals surface area contributed by atoms with E-state index in [1.54, 1.807) is 22.0 Å². The van der Waals surface area contributed by atoms with Gasteiger partial charge < -0.3 is 15.5 Å². The lowest BCUT2D eigenvalue weighted by molar-refractivity contribution is -0.140. The molecule has 1 aliphatic carbocycles. The van der Waals surface area contributed by atoms with E-state index in [4.69, 9.17) is 5.10 Å². The Labute approximate surface area is 269 Å². The first-order valence-corrected chi connectivity index (χ1v) is 16.8. The van der Waals surface area contributed by atoms with Crippen molar-refractivity contribution < 1.29 is 19.2 Å². The molecule has 4 heterocycles. The smallest absolute Gasteiger partial charge is 0.245 e. The number of nitrogens with zero attached hydrogens (tertiary/aromatic N) is 5. The number of aromatic nitrogens is 4. The van der Waals surface area contributed by atoms with Crippen molar-refractivity contribution in [3.8, 4) is 11.1 Å². The molecule has 2 aliphatic heterocycles. The molecule has 0 spiro atoms. The Bertz CT molecular complexity index is 1670. The number of hydrogen-bond acceptors (Lipinski definition) is 7. The van der Waals surface area contributed by atoms with E-state index in [0.717, 1.165) is 67.2 Å². The molecule has 244 valence electrons. The average Bonchev–Trinajstić information content (AvgIpc) is 3.30. The van der Waals surface area contributed by atoms with E-state index in [1.807, 2.05) is 13.0 Å². The maximum Gasteiger partial charge on any atom is 0.245 e. The maximum atomic E-state index is 14.4. The molecular formula is C35H45N7O4. The largest absolute Gasteiger partial charge is 0.355 e. The van der Waals surface area contributed by atoms with Crippen LogP contribution in [0.5, 0.6) is 0 Å². The summed E-state index contributed by atoms with van der Waals surface area (Å²) in [7, 11) is 0. The van der Waals surface area contributed by atoms with Crippen LogP contribution >= 0.6 is 0 Å². The zero-order chi connectivity index (χ0) is 32.6. The fraction of sp³-hybridized carbons (Fsp3) is 0.571. The third-order valence-corrected chi connectivity index (χ3v) is 10.4. The van der Waals surface area contributed by atoms with Gasteiger partial charge in [0.1, 0.15) is 24.1 Å². The van der Waals surface area contributed by atoms with Gasteiger partial charge in [0.05, 0.1) is 5.52 Å². The number of carbonyl (C=O) groups excluding carboxylic acids is 4. The van der Waals surface area contributed by atoms with Gasteiger partial charge in [0.2, 0.25) is 17.7 Å². The molecule has 6 rings (SSSR count). The predicted octanol–water partition coefficient (Wildman–Crippen LogP) is 4.15. The molecule has 3 aliphatic rings. The van der Waals surface area contributed by atoms with Crippen LogP contribution in [-0.4, -0.2) is 73.3 Å². The number of aryl methyl sites for hydroxylation is 2. The van der Waals surface area contributed by atoms with Gasteiger partial charge in [-0.1, -0.05) is 33.1 Å². The fourth-order valence-electron chi connectivity index (χ4n) is 7.74. The van der Waals surface area contributed by atoms with Crippen LogP contribution in [0.1, 0.15) is 94.0 Å². The Kier molecular flexibility index (Phi) is 8.94. The number of amides is 3. The number of nitrogens with one attached hydrogen (secondary N) is 2. The average molecular weight is 628 g/mol. The lowest BCUT2D eigenvalue weighted by Gasteiger charge is -2.28. The molecule has 4 atom stereocenters. The Morgan fingerprint density at radius 2 is 1.80 bits per heavy atom. The van der Waals surface area contributed by atoms with Crippen LogP contribution in [0.15, 0.2) is 24.5 Å². The van der Waals surface area contributed by atoms with Crippen molar-refractivity contribution in [3.63, 3.8) is 0 Å². The van der Waals surface area contributed by atoms with Crippen molar-refractivity contribution in [1.82, 2.24) is 35.3 Å². The van der Waals surface area contributed by atoms with Crippen LogP contribution in [0.2, 0.25) is 0 Å². The van der Waals surface area contributed by atoms with E-state index in [0.29, 0.717) is 42.8 Å². The van der Waals surface area contributed by atoms with E-state index in [1.165, 1.54) is 6.92 Å². The minimum absolute atomic E-state index is 0.0249. The van der Waals surface area contributed by atoms with E-state index in [-0.39, 0.29) is 47.4 Å². The summed E-state index contributed by atoms with van der Waals surface area (Å²) in [5.74, 6) is 0.308. The third-order valence-electron chi connectivity index (χ3n) is 10.4. The first kappa shape index (κ1) is 31.8. The maximum absolute atomic E-state index is 14.4. The molecule has 1 aromatic carbocycles. The number of hydrogen-bond donors (Lipinski definition) is 2. The molecule has 2 unspecified atom stereocenters. The van der Waals surface area contributed by atoms with Crippen LogP contribution in [0.25, 0.3) is 22.0 Å². The number of rotatable bonds is 6. The second-order valence-electron chi connectivity index (χ2n) is 13.4. The first-order valence-electron chi connectivity index (χ1n) is 16.8. The number of benzene rings is 1. The molecule has 1 saturated heterocycles. The SMILES string of the molecule is CCCCNC(=O)[C@@H]1C[C@]23CNC(=O)CCCCCCc4cc(-c5cnc(C)nc5)cc5c(C(C)=O)nn(c45)CC(=O)N1C2C3C. The van der Waals surface area contributed by atoms with Gasteiger partial charge in [0.15, 0.2) is 5.78 Å². The molecular weight excluding hydrogens is 582 g/mol. The van der Waals surface area contributed by atoms with Gasteiger partial charge in [-0.05, 0) is 68.2 Å². The molecule has 11 nitrogen and oxygen atoms in total. The monoisotopic (exact) mass is 627 g/mol. The van der Waals surface area contributed by atoms with Gasteiger partial charge in [0.25, 0.3) is 0 Å². The highest BCUT2D eigenvalue weighted by Crippen LogP contribution is 2.64. The van der Waals surface area contributed by atoms with Crippen LogP contribution in [0.3, 0.4) is 0 Å². The lowest BCUT2D eigenvalue weighted by Crippen LogP contribution is -2.49. The van der Waals surface area contributed by atoms with Crippen molar-refractivity contribution in [2.45, 2.75) is 104 Å². The number of piperidine rings is 1. The molecule has 11 heteroatoms. The van der Waals surface area contributed by atoms with Crippen LogP contribution < -0.4 is 10.6 Å².